The standard InChI is InChI=1S/C13H16ClNO4/c14-10-4-6-11(7-5-10)19-9-12(16)15-8-2-1-3-13(17)18/h4-7H,1-3,8-9H2,(H,15,16)(H,17,18). The van der Waals surface area contributed by atoms with E-state index >= 15 is 0 Å². The van der Waals surface area contributed by atoms with Crippen LogP contribution in [0, 0.1) is 0 Å². The number of hydrogen-bond donors (Lipinski definition) is 2. The number of carbonyl (C=O) groups excluding carboxylic acids is 1. The minimum absolute atomic E-state index is 0.0689. The third-order valence-electron chi connectivity index (χ3n) is 2.32. The van der Waals surface area contributed by atoms with Crippen LogP contribution in [0.5, 0.6) is 5.75 Å². The van der Waals surface area contributed by atoms with Gasteiger partial charge in [-0.25, -0.2) is 0 Å². The third-order valence-corrected chi connectivity index (χ3v) is 2.58. The molecule has 0 aromatic heterocycles. The summed E-state index contributed by atoms with van der Waals surface area (Å²) in [5, 5.41) is 11.7. The van der Waals surface area contributed by atoms with Crippen molar-refractivity contribution in [3.05, 3.63) is 29.3 Å². The molecule has 0 saturated carbocycles. The van der Waals surface area contributed by atoms with Gasteiger partial charge >= 0.3 is 5.97 Å². The van der Waals surface area contributed by atoms with Crippen molar-refractivity contribution >= 4 is 23.5 Å². The molecular weight excluding hydrogens is 270 g/mol. The molecule has 1 rings (SSSR count). The van der Waals surface area contributed by atoms with Gasteiger partial charge in [-0.2, -0.15) is 0 Å². The van der Waals surface area contributed by atoms with Crippen LogP contribution in [0.25, 0.3) is 0 Å². The predicted octanol–water partition coefficient (Wildman–Crippen LogP) is 2.09. The first-order valence-corrected chi connectivity index (χ1v) is 6.32. The maximum Gasteiger partial charge on any atom is 0.303 e. The summed E-state index contributed by atoms with van der Waals surface area (Å²) in [5.41, 5.74) is 0. The molecule has 0 bridgehead atoms. The van der Waals surface area contributed by atoms with Crippen molar-refractivity contribution in [2.45, 2.75) is 19.3 Å². The number of hydrogen-bond acceptors (Lipinski definition) is 3. The zero-order valence-corrected chi connectivity index (χ0v) is 11.2. The highest BCUT2D eigenvalue weighted by atomic mass is 35.5. The van der Waals surface area contributed by atoms with Crippen molar-refractivity contribution in [3.63, 3.8) is 0 Å². The lowest BCUT2D eigenvalue weighted by Crippen LogP contribution is -2.29. The quantitative estimate of drug-likeness (QED) is 0.717. The molecule has 0 radical (unpaired) electrons. The van der Waals surface area contributed by atoms with Crippen molar-refractivity contribution in [2.75, 3.05) is 13.2 Å². The van der Waals surface area contributed by atoms with Gasteiger partial charge < -0.3 is 15.2 Å². The molecule has 0 unspecified atom stereocenters. The average molecular weight is 286 g/mol. The Labute approximate surface area is 116 Å². The van der Waals surface area contributed by atoms with Gasteiger partial charge in [0.05, 0.1) is 0 Å². The highest BCUT2D eigenvalue weighted by Gasteiger charge is 2.02. The molecular formula is C13H16ClNO4. The van der Waals surface area contributed by atoms with Gasteiger partial charge in [0.1, 0.15) is 5.75 Å². The maximum atomic E-state index is 11.4. The van der Waals surface area contributed by atoms with Crippen molar-refractivity contribution < 1.29 is 19.4 Å². The van der Waals surface area contributed by atoms with Gasteiger partial charge in [0.2, 0.25) is 0 Å². The van der Waals surface area contributed by atoms with Crippen LogP contribution in [-0.2, 0) is 9.59 Å². The van der Waals surface area contributed by atoms with Crippen LogP contribution in [0.4, 0.5) is 0 Å². The van der Waals surface area contributed by atoms with Gasteiger partial charge in [-0.15, -0.1) is 0 Å². The largest absolute Gasteiger partial charge is 0.484 e. The van der Waals surface area contributed by atoms with Crippen LogP contribution >= 0.6 is 11.6 Å². The van der Waals surface area contributed by atoms with E-state index in [1.54, 1.807) is 24.3 Å². The molecule has 1 aromatic carbocycles. The van der Waals surface area contributed by atoms with E-state index in [0.717, 1.165) is 0 Å². The van der Waals surface area contributed by atoms with Gasteiger partial charge in [0.15, 0.2) is 6.61 Å². The lowest BCUT2D eigenvalue weighted by Gasteiger charge is -2.07. The van der Waals surface area contributed by atoms with E-state index in [0.29, 0.717) is 30.2 Å². The molecule has 0 saturated heterocycles. The Kier molecular flexibility index (Phi) is 6.74. The topological polar surface area (TPSA) is 75.6 Å². The summed E-state index contributed by atoms with van der Waals surface area (Å²) in [5.74, 6) is -0.479. The van der Waals surface area contributed by atoms with E-state index in [9.17, 15) is 9.59 Å². The minimum Gasteiger partial charge on any atom is -0.484 e. The highest BCUT2D eigenvalue weighted by molar-refractivity contribution is 6.30. The van der Waals surface area contributed by atoms with Crippen LogP contribution < -0.4 is 10.1 Å². The molecule has 5 nitrogen and oxygen atoms in total. The number of rotatable bonds is 8. The Bertz CT molecular complexity index is 419. The number of carboxylic acid groups (broad SMARTS) is 1. The number of nitrogens with one attached hydrogen (secondary N) is 1. The smallest absolute Gasteiger partial charge is 0.303 e. The minimum atomic E-state index is -0.822. The van der Waals surface area contributed by atoms with E-state index in [1.807, 2.05) is 0 Å². The first kappa shape index (κ1) is 15.3. The average Bonchev–Trinajstić information content (AvgIpc) is 2.37. The summed E-state index contributed by atoms with van der Waals surface area (Å²) in [7, 11) is 0. The van der Waals surface area contributed by atoms with Crippen LogP contribution in [0.2, 0.25) is 5.02 Å². The van der Waals surface area contributed by atoms with Crippen LogP contribution in [0.1, 0.15) is 19.3 Å². The molecule has 1 amide bonds. The number of halogens is 1. The third kappa shape index (κ3) is 7.31. The first-order valence-electron chi connectivity index (χ1n) is 5.95. The number of carbonyl (C=O) groups is 2. The lowest BCUT2D eigenvalue weighted by atomic mass is 10.2. The Morgan fingerprint density at radius 3 is 2.53 bits per heavy atom. The van der Waals surface area contributed by atoms with Gasteiger partial charge in [-0.3, -0.25) is 9.59 Å². The molecule has 0 aliphatic heterocycles. The molecule has 104 valence electrons. The van der Waals surface area contributed by atoms with E-state index in [1.165, 1.54) is 0 Å². The van der Waals surface area contributed by atoms with E-state index in [4.69, 9.17) is 21.4 Å². The molecule has 2 N–H and O–H groups in total. The Hall–Kier alpha value is -1.75. The van der Waals surface area contributed by atoms with Crippen molar-refractivity contribution in [1.29, 1.82) is 0 Å². The molecule has 19 heavy (non-hydrogen) atoms. The number of unbranched alkanes of at least 4 members (excludes halogenated alkanes) is 1. The lowest BCUT2D eigenvalue weighted by molar-refractivity contribution is -0.137. The molecule has 0 aliphatic carbocycles. The second-order valence-corrected chi connectivity index (χ2v) is 4.38. The molecule has 0 atom stereocenters. The maximum absolute atomic E-state index is 11.4. The monoisotopic (exact) mass is 285 g/mol. The number of benzene rings is 1. The van der Waals surface area contributed by atoms with Gasteiger partial charge in [0, 0.05) is 18.0 Å². The number of amides is 1. The summed E-state index contributed by atoms with van der Waals surface area (Å²) in [6.07, 6.45) is 1.31. The van der Waals surface area contributed by atoms with Crippen LogP contribution in [0.15, 0.2) is 24.3 Å². The summed E-state index contributed by atoms with van der Waals surface area (Å²) in [4.78, 5) is 21.7. The Morgan fingerprint density at radius 2 is 1.89 bits per heavy atom. The number of carboxylic acids is 1. The second-order valence-electron chi connectivity index (χ2n) is 3.94. The Morgan fingerprint density at radius 1 is 1.21 bits per heavy atom. The normalized spacial score (nSPS) is 9.95. The predicted molar refractivity (Wildman–Crippen MR) is 71.4 cm³/mol. The van der Waals surface area contributed by atoms with Gasteiger partial charge in [-0.05, 0) is 37.1 Å². The molecule has 1 aromatic rings. The van der Waals surface area contributed by atoms with E-state index in [2.05, 4.69) is 5.32 Å². The second kappa shape index (κ2) is 8.37. The van der Waals surface area contributed by atoms with Gasteiger partial charge in [0.25, 0.3) is 5.91 Å². The first-order chi connectivity index (χ1) is 9.08. The molecule has 0 spiro atoms. The summed E-state index contributed by atoms with van der Waals surface area (Å²) >= 11 is 5.72. The van der Waals surface area contributed by atoms with E-state index < -0.39 is 5.97 Å². The summed E-state index contributed by atoms with van der Waals surface area (Å²) in [6, 6.07) is 6.73. The SMILES string of the molecule is O=C(O)CCCCNC(=O)COc1ccc(Cl)cc1. The Balaban J connectivity index is 2.11. The van der Waals surface area contributed by atoms with Gasteiger partial charge in [-0.1, -0.05) is 11.6 Å². The number of aliphatic carboxylic acids is 1. The molecule has 6 heteroatoms. The highest BCUT2D eigenvalue weighted by Crippen LogP contribution is 2.15. The number of ether oxygens (including phenoxy) is 1. The van der Waals surface area contributed by atoms with Crippen molar-refractivity contribution in [1.82, 2.24) is 5.32 Å². The fourth-order valence-corrected chi connectivity index (χ4v) is 1.49. The molecule has 0 fully saturated rings. The van der Waals surface area contributed by atoms with Crippen molar-refractivity contribution in [2.24, 2.45) is 0 Å². The van der Waals surface area contributed by atoms with Crippen molar-refractivity contribution in [3.8, 4) is 5.75 Å². The zero-order valence-electron chi connectivity index (χ0n) is 10.4. The fourth-order valence-electron chi connectivity index (χ4n) is 1.36. The fraction of sp³-hybridized carbons (Fsp3) is 0.385. The van der Waals surface area contributed by atoms with Crippen LogP contribution in [-0.4, -0.2) is 30.1 Å². The van der Waals surface area contributed by atoms with E-state index in [-0.39, 0.29) is 18.9 Å². The zero-order chi connectivity index (χ0) is 14.1. The molecule has 0 aliphatic rings. The summed E-state index contributed by atoms with van der Waals surface area (Å²) < 4.78 is 5.25. The van der Waals surface area contributed by atoms with Crippen LogP contribution in [0.3, 0.4) is 0 Å². The molecule has 0 heterocycles. The summed E-state index contributed by atoms with van der Waals surface area (Å²) in [6.45, 7) is 0.386.